The highest BCUT2D eigenvalue weighted by Gasteiger charge is 2.13. The molecule has 86 valence electrons. The molecule has 0 aliphatic carbocycles. The van der Waals surface area contributed by atoms with Gasteiger partial charge in [-0.3, -0.25) is 4.79 Å². The van der Waals surface area contributed by atoms with Crippen LogP contribution in [0.15, 0.2) is 48.7 Å². The number of aryl methyl sites for hydroxylation is 2. The van der Waals surface area contributed by atoms with E-state index in [1.54, 1.807) is 0 Å². The molecule has 1 heterocycles. The first-order chi connectivity index (χ1) is 8.16. The van der Waals surface area contributed by atoms with Crippen LogP contribution in [0.25, 0.3) is 0 Å². The number of Topliss-reactive ketones (excluding diaryl/α,β-unsaturated/α-hetero) is 1. The minimum Gasteiger partial charge on any atom is -0.287 e. The van der Waals surface area contributed by atoms with Crippen molar-refractivity contribution in [3.05, 3.63) is 65.5 Å². The number of benzene rings is 1. The van der Waals surface area contributed by atoms with Crippen molar-refractivity contribution in [3.63, 3.8) is 0 Å². The minimum absolute atomic E-state index is 0.141. The van der Waals surface area contributed by atoms with Gasteiger partial charge in [-0.15, -0.1) is 0 Å². The average Bonchev–Trinajstić information content (AvgIpc) is 2.34. The molecular weight excluding hydrogens is 210 g/mol. The Morgan fingerprint density at radius 2 is 1.82 bits per heavy atom. The van der Waals surface area contributed by atoms with Crippen molar-refractivity contribution in [2.24, 2.45) is 0 Å². The number of hydrogen-bond acceptors (Lipinski definition) is 1. The summed E-state index contributed by atoms with van der Waals surface area (Å²) in [5.74, 6) is 0.141. The Morgan fingerprint density at radius 1 is 1.12 bits per heavy atom. The molecular formula is C15H16NO+. The van der Waals surface area contributed by atoms with Crippen molar-refractivity contribution in [1.29, 1.82) is 0 Å². The molecule has 2 nitrogen and oxygen atoms in total. The van der Waals surface area contributed by atoms with Crippen LogP contribution in [-0.4, -0.2) is 5.78 Å². The van der Waals surface area contributed by atoms with Crippen molar-refractivity contribution in [3.8, 4) is 0 Å². The van der Waals surface area contributed by atoms with E-state index in [0.29, 0.717) is 6.54 Å². The highest BCUT2D eigenvalue weighted by atomic mass is 16.1. The second-order valence-electron chi connectivity index (χ2n) is 4.26. The van der Waals surface area contributed by atoms with Crippen LogP contribution in [0.1, 0.15) is 21.6 Å². The molecule has 0 aliphatic rings. The van der Waals surface area contributed by atoms with Gasteiger partial charge in [0.05, 0.1) is 0 Å². The lowest BCUT2D eigenvalue weighted by atomic mass is 10.1. The molecule has 1 aromatic heterocycles. The lowest BCUT2D eigenvalue weighted by molar-refractivity contribution is -0.689. The smallest absolute Gasteiger partial charge is 0.227 e. The summed E-state index contributed by atoms with van der Waals surface area (Å²) in [6.45, 7) is 4.47. The van der Waals surface area contributed by atoms with E-state index in [0.717, 1.165) is 11.3 Å². The summed E-state index contributed by atoms with van der Waals surface area (Å²) in [5.41, 5.74) is 3.08. The first-order valence-corrected chi connectivity index (χ1v) is 5.72. The second-order valence-corrected chi connectivity index (χ2v) is 4.26. The topological polar surface area (TPSA) is 20.9 Å². The lowest BCUT2D eigenvalue weighted by Gasteiger charge is -2.01. The number of rotatable bonds is 3. The molecule has 0 aliphatic heterocycles. The monoisotopic (exact) mass is 226 g/mol. The number of aromatic nitrogens is 1. The predicted octanol–water partition coefficient (Wildman–Crippen LogP) is 2.47. The molecule has 1 aromatic carbocycles. The molecule has 2 aromatic rings. The van der Waals surface area contributed by atoms with Crippen molar-refractivity contribution in [2.45, 2.75) is 20.4 Å². The summed E-state index contributed by atoms with van der Waals surface area (Å²) < 4.78 is 1.97. The van der Waals surface area contributed by atoms with Crippen LogP contribution in [0.5, 0.6) is 0 Å². The van der Waals surface area contributed by atoms with E-state index in [4.69, 9.17) is 0 Å². The maximum absolute atomic E-state index is 12.0. The van der Waals surface area contributed by atoms with Crippen molar-refractivity contribution >= 4 is 5.78 Å². The van der Waals surface area contributed by atoms with E-state index >= 15 is 0 Å². The third kappa shape index (κ3) is 2.78. The van der Waals surface area contributed by atoms with Crippen LogP contribution in [0.3, 0.4) is 0 Å². The first-order valence-electron chi connectivity index (χ1n) is 5.72. The van der Waals surface area contributed by atoms with Crippen LogP contribution in [0.4, 0.5) is 0 Å². The summed E-state index contributed by atoms with van der Waals surface area (Å²) in [5, 5.41) is 0. The third-order valence-corrected chi connectivity index (χ3v) is 2.82. The summed E-state index contributed by atoms with van der Waals surface area (Å²) in [4.78, 5) is 12.0. The standard InChI is InChI=1S/C15H16NO/c1-12-8-9-16(13(2)10-12)11-15(17)14-6-4-3-5-7-14/h3-10H,11H2,1-2H3/q+1. The quantitative estimate of drug-likeness (QED) is 0.582. The molecule has 0 atom stereocenters. The number of hydrogen-bond donors (Lipinski definition) is 0. The summed E-state index contributed by atoms with van der Waals surface area (Å²) in [6, 6.07) is 13.5. The lowest BCUT2D eigenvalue weighted by Crippen LogP contribution is -2.40. The third-order valence-electron chi connectivity index (χ3n) is 2.82. The van der Waals surface area contributed by atoms with Crippen molar-refractivity contribution < 1.29 is 9.36 Å². The van der Waals surface area contributed by atoms with Gasteiger partial charge in [0.15, 0.2) is 11.9 Å². The fraction of sp³-hybridized carbons (Fsp3) is 0.200. The van der Waals surface area contributed by atoms with Gasteiger partial charge in [0, 0.05) is 24.6 Å². The van der Waals surface area contributed by atoms with Crippen LogP contribution >= 0.6 is 0 Å². The molecule has 0 amide bonds. The Balaban J connectivity index is 2.19. The minimum atomic E-state index is 0.141. The summed E-state index contributed by atoms with van der Waals surface area (Å²) in [6.07, 6.45) is 1.96. The maximum atomic E-state index is 12.0. The van der Waals surface area contributed by atoms with Crippen LogP contribution in [0, 0.1) is 13.8 Å². The fourth-order valence-corrected chi connectivity index (χ4v) is 1.83. The van der Waals surface area contributed by atoms with Gasteiger partial charge in [0.25, 0.3) is 0 Å². The molecule has 2 rings (SSSR count). The normalized spacial score (nSPS) is 10.2. The highest BCUT2D eigenvalue weighted by Crippen LogP contribution is 2.01. The Labute approximate surface area is 102 Å². The van der Waals surface area contributed by atoms with Gasteiger partial charge in [-0.1, -0.05) is 30.3 Å². The molecule has 0 bridgehead atoms. The van der Waals surface area contributed by atoms with Crippen molar-refractivity contribution in [1.82, 2.24) is 0 Å². The Kier molecular flexibility index (Phi) is 3.33. The number of nitrogens with zero attached hydrogens (tertiary/aromatic N) is 1. The largest absolute Gasteiger partial charge is 0.287 e. The molecule has 0 radical (unpaired) electrons. The summed E-state index contributed by atoms with van der Waals surface area (Å²) >= 11 is 0. The highest BCUT2D eigenvalue weighted by molar-refractivity contribution is 5.94. The second kappa shape index (κ2) is 4.91. The molecule has 0 N–H and O–H groups in total. The summed E-state index contributed by atoms with van der Waals surface area (Å²) in [7, 11) is 0. The van der Waals surface area contributed by atoms with Crippen LogP contribution < -0.4 is 4.57 Å². The van der Waals surface area contributed by atoms with Gasteiger partial charge >= 0.3 is 0 Å². The SMILES string of the molecule is Cc1cc[n+](CC(=O)c2ccccc2)c(C)c1. The molecule has 0 spiro atoms. The van der Waals surface area contributed by atoms with E-state index in [2.05, 4.69) is 13.0 Å². The number of ketones is 1. The Morgan fingerprint density at radius 3 is 2.47 bits per heavy atom. The van der Waals surface area contributed by atoms with E-state index in [1.165, 1.54) is 5.56 Å². The van der Waals surface area contributed by atoms with Gasteiger partial charge in [-0.25, -0.2) is 0 Å². The molecule has 0 unspecified atom stereocenters. The zero-order valence-corrected chi connectivity index (χ0v) is 10.2. The van der Waals surface area contributed by atoms with Crippen LogP contribution in [-0.2, 0) is 6.54 Å². The molecule has 0 saturated heterocycles. The van der Waals surface area contributed by atoms with E-state index in [9.17, 15) is 4.79 Å². The maximum Gasteiger partial charge on any atom is 0.227 e. The Bertz CT molecular complexity index is 532. The van der Waals surface area contributed by atoms with E-state index < -0.39 is 0 Å². The van der Waals surface area contributed by atoms with Gasteiger partial charge in [-0.2, -0.15) is 4.57 Å². The molecule has 0 fully saturated rings. The predicted molar refractivity (Wildman–Crippen MR) is 66.9 cm³/mol. The molecule has 17 heavy (non-hydrogen) atoms. The Hall–Kier alpha value is -1.96. The van der Waals surface area contributed by atoms with Gasteiger partial charge < -0.3 is 0 Å². The first kappa shape index (κ1) is 11.5. The average molecular weight is 226 g/mol. The molecule has 0 saturated carbocycles. The van der Waals surface area contributed by atoms with Gasteiger partial charge in [0.1, 0.15) is 0 Å². The fourth-order valence-electron chi connectivity index (χ4n) is 1.83. The van der Waals surface area contributed by atoms with Gasteiger partial charge in [-0.05, 0) is 12.5 Å². The van der Waals surface area contributed by atoms with E-state index in [-0.39, 0.29) is 5.78 Å². The van der Waals surface area contributed by atoms with Crippen LogP contribution in [0.2, 0.25) is 0 Å². The number of pyridine rings is 1. The van der Waals surface area contributed by atoms with Crippen molar-refractivity contribution in [2.75, 3.05) is 0 Å². The number of carbonyl (C=O) groups is 1. The zero-order valence-electron chi connectivity index (χ0n) is 10.2. The van der Waals surface area contributed by atoms with Gasteiger partial charge in [0.2, 0.25) is 12.3 Å². The zero-order chi connectivity index (χ0) is 12.3. The molecule has 2 heteroatoms. The number of carbonyl (C=O) groups excluding carboxylic acids is 1. The van der Waals surface area contributed by atoms with E-state index in [1.807, 2.05) is 54.1 Å².